The van der Waals surface area contributed by atoms with E-state index in [1.165, 1.54) is 6.07 Å². The number of aromatic amines is 1. The van der Waals surface area contributed by atoms with Crippen LogP contribution in [0.25, 0.3) is 11.0 Å². The second-order valence-corrected chi connectivity index (χ2v) is 3.25. The predicted molar refractivity (Wildman–Crippen MR) is 50.6 cm³/mol. The summed E-state index contributed by atoms with van der Waals surface area (Å²) in [5.41, 5.74) is 0.996. The van der Waals surface area contributed by atoms with Crippen LogP contribution in [0.4, 0.5) is 0 Å². The van der Waals surface area contributed by atoms with Gasteiger partial charge in [0.2, 0.25) is 0 Å². The molecule has 2 N–H and O–H groups in total. The summed E-state index contributed by atoms with van der Waals surface area (Å²) in [6.07, 6.45) is 0. The fourth-order valence-electron chi connectivity index (χ4n) is 1.23. The van der Waals surface area contributed by atoms with Gasteiger partial charge in [-0.2, -0.15) is 5.10 Å². The van der Waals surface area contributed by atoms with Crippen LogP contribution in [-0.2, 0) is 0 Å². The third-order valence-corrected chi connectivity index (χ3v) is 2.17. The highest BCUT2D eigenvalue weighted by Gasteiger charge is 2.13. The fraction of sp³-hybridized carbons (Fsp3) is 0.125. The zero-order chi connectivity index (χ0) is 10.3. The van der Waals surface area contributed by atoms with E-state index >= 15 is 0 Å². The number of H-pyrrole nitrogens is 1. The summed E-state index contributed by atoms with van der Waals surface area (Å²) < 4.78 is 0. The molecule has 2 rings (SSSR count). The van der Waals surface area contributed by atoms with Crippen molar-refractivity contribution in [3.8, 4) is 0 Å². The van der Waals surface area contributed by atoms with Gasteiger partial charge < -0.3 is 5.11 Å². The van der Waals surface area contributed by atoms with E-state index in [4.69, 9.17) is 16.7 Å². The highest BCUT2D eigenvalue weighted by atomic mass is 35.5. The van der Waals surface area contributed by atoms with Crippen LogP contribution >= 0.6 is 11.6 Å². The standard InChI is InChI=1S/C8H6ClN3O2/c1-3-6-4(9)2-5(8(13)14)10-7(6)12-11-3/h2H,1H3,(H,13,14)(H,10,11,12). The van der Waals surface area contributed by atoms with Gasteiger partial charge in [-0.15, -0.1) is 0 Å². The van der Waals surface area contributed by atoms with Crippen LogP contribution in [0.2, 0.25) is 5.02 Å². The van der Waals surface area contributed by atoms with Gasteiger partial charge in [0.15, 0.2) is 11.3 Å². The minimum Gasteiger partial charge on any atom is -0.477 e. The minimum atomic E-state index is -1.12. The topological polar surface area (TPSA) is 78.9 Å². The van der Waals surface area contributed by atoms with Gasteiger partial charge in [-0.05, 0) is 13.0 Å². The molecule has 0 saturated carbocycles. The van der Waals surface area contributed by atoms with E-state index in [0.29, 0.717) is 16.1 Å². The number of aromatic nitrogens is 3. The van der Waals surface area contributed by atoms with Crippen molar-refractivity contribution in [2.45, 2.75) is 6.92 Å². The van der Waals surface area contributed by atoms with E-state index in [1.54, 1.807) is 6.92 Å². The largest absolute Gasteiger partial charge is 0.477 e. The molecule has 5 nitrogen and oxygen atoms in total. The van der Waals surface area contributed by atoms with E-state index in [1.807, 2.05) is 0 Å². The van der Waals surface area contributed by atoms with E-state index in [-0.39, 0.29) is 5.69 Å². The Bertz CT molecular complexity index is 521. The minimum absolute atomic E-state index is 0.103. The van der Waals surface area contributed by atoms with Gasteiger partial charge in [0.25, 0.3) is 0 Å². The monoisotopic (exact) mass is 211 g/mol. The number of rotatable bonds is 1. The molecule has 2 aromatic heterocycles. The highest BCUT2D eigenvalue weighted by Crippen LogP contribution is 2.24. The summed E-state index contributed by atoms with van der Waals surface area (Å²) in [5.74, 6) is -1.12. The Morgan fingerprint density at radius 2 is 2.36 bits per heavy atom. The number of nitrogens with one attached hydrogen (secondary N) is 1. The van der Waals surface area contributed by atoms with Gasteiger partial charge >= 0.3 is 5.97 Å². The van der Waals surface area contributed by atoms with Crippen molar-refractivity contribution in [1.82, 2.24) is 15.2 Å². The van der Waals surface area contributed by atoms with Gasteiger partial charge in [-0.1, -0.05) is 11.6 Å². The smallest absolute Gasteiger partial charge is 0.354 e. The molecule has 14 heavy (non-hydrogen) atoms. The molecule has 72 valence electrons. The number of hydrogen-bond donors (Lipinski definition) is 2. The first kappa shape index (κ1) is 8.96. The molecular weight excluding hydrogens is 206 g/mol. The Labute approximate surface area is 83.7 Å². The summed E-state index contributed by atoms with van der Waals surface area (Å²) in [6, 6.07) is 1.31. The molecule has 0 spiro atoms. The van der Waals surface area contributed by atoms with Crippen molar-refractivity contribution in [2.24, 2.45) is 0 Å². The summed E-state index contributed by atoms with van der Waals surface area (Å²) in [4.78, 5) is 14.5. The van der Waals surface area contributed by atoms with E-state index in [2.05, 4.69) is 15.2 Å². The van der Waals surface area contributed by atoms with Crippen molar-refractivity contribution in [3.05, 3.63) is 22.5 Å². The number of carbonyl (C=O) groups is 1. The Kier molecular flexibility index (Phi) is 1.89. The average molecular weight is 212 g/mol. The number of pyridine rings is 1. The Morgan fingerprint density at radius 3 is 3.00 bits per heavy atom. The molecular formula is C8H6ClN3O2. The lowest BCUT2D eigenvalue weighted by atomic mass is 10.2. The number of aryl methyl sites for hydroxylation is 1. The summed E-state index contributed by atoms with van der Waals surface area (Å²) in [5, 5.41) is 16.3. The van der Waals surface area contributed by atoms with Crippen LogP contribution in [0, 0.1) is 6.92 Å². The van der Waals surface area contributed by atoms with Gasteiger partial charge in [-0.25, -0.2) is 9.78 Å². The van der Waals surface area contributed by atoms with Crippen LogP contribution in [0.1, 0.15) is 16.2 Å². The maximum atomic E-state index is 10.6. The highest BCUT2D eigenvalue weighted by molar-refractivity contribution is 6.35. The number of carboxylic acids is 1. The van der Waals surface area contributed by atoms with Crippen LogP contribution in [0.15, 0.2) is 6.07 Å². The van der Waals surface area contributed by atoms with Crippen LogP contribution in [0.3, 0.4) is 0 Å². The third-order valence-electron chi connectivity index (χ3n) is 1.88. The second-order valence-electron chi connectivity index (χ2n) is 2.84. The summed E-state index contributed by atoms with van der Waals surface area (Å²) in [7, 11) is 0. The van der Waals surface area contributed by atoms with Crippen molar-refractivity contribution < 1.29 is 9.90 Å². The van der Waals surface area contributed by atoms with Crippen LogP contribution < -0.4 is 0 Å². The number of hydrogen-bond acceptors (Lipinski definition) is 3. The lowest BCUT2D eigenvalue weighted by Gasteiger charge is -1.96. The molecule has 0 aliphatic carbocycles. The Hall–Kier alpha value is -1.62. The molecule has 0 aromatic carbocycles. The maximum Gasteiger partial charge on any atom is 0.354 e. The third kappa shape index (κ3) is 1.22. The van der Waals surface area contributed by atoms with Crippen molar-refractivity contribution in [3.63, 3.8) is 0 Å². The van der Waals surface area contributed by atoms with Crippen molar-refractivity contribution in [2.75, 3.05) is 0 Å². The first-order chi connectivity index (χ1) is 6.59. The second kappa shape index (κ2) is 2.95. The molecule has 2 heterocycles. The number of nitrogens with zero attached hydrogens (tertiary/aromatic N) is 2. The summed E-state index contributed by atoms with van der Waals surface area (Å²) in [6.45, 7) is 1.79. The Morgan fingerprint density at radius 1 is 1.64 bits per heavy atom. The van der Waals surface area contributed by atoms with Gasteiger partial charge in [-0.3, -0.25) is 5.10 Å². The molecule has 0 fully saturated rings. The molecule has 2 aromatic rings. The number of halogens is 1. The summed E-state index contributed by atoms with van der Waals surface area (Å²) >= 11 is 5.89. The zero-order valence-electron chi connectivity index (χ0n) is 7.21. The van der Waals surface area contributed by atoms with E-state index < -0.39 is 5.97 Å². The normalized spacial score (nSPS) is 10.7. The van der Waals surface area contributed by atoms with Crippen molar-refractivity contribution >= 4 is 28.6 Å². The lowest BCUT2D eigenvalue weighted by molar-refractivity contribution is 0.0691. The van der Waals surface area contributed by atoms with Gasteiger partial charge in [0.1, 0.15) is 0 Å². The molecule has 0 aliphatic heterocycles. The number of fused-ring (bicyclic) bond motifs is 1. The van der Waals surface area contributed by atoms with E-state index in [9.17, 15) is 4.79 Å². The first-order valence-electron chi connectivity index (χ1n) is 3.84. The molecule has 6 heteroatoms. The molecule has 0 saturated heterocycles. The molecule has 0 amide bonds. The molecule has 0 atom stereocenters. The van der Waals surface area contributed by atoms with Gasteiger partial charge in [0.05, 0.1) is 10.4 Å². The van der Waals surface area contributed by atoms with Crippen LogP contribution in [-0.4, -0.2) is 26.3 Å². The zero-order valence-corrected chi connectivity index (χ0v) is 7.96. The average Bonchev–Trinajstić information content (AvgIpc) is 2.48. The molecule has 0 bridgehead atoms. The van der Waals surface area contributed by atoms with Gasteiger partial charge in [0, 0.05) is 5.69 Å². The first-order valence-corrected chi connectivity index (χ1v) is 4.22. The molecule has 0 radical (unpaired) electrons. The fourth-order valence-corrected chi connectivity index (χ4v) is 1.56. The number of aromatic carboxylic acids is 1. The SMILES string of the molecule is Cc1[nH]nc2nc(C(=O)O)cc(Cl)c12. The quantitative estimate of drug-likeness (QED) is 0.751. The Balaban J connectivity index is 2.80. The van der Waals surface area contributed by atoms with Crippen molar-refractivity contribution in [1.29, 1.82) is 0 Å². The number of carboxylic acid groups (broad SMARTS) is 1. The van der Waals surface area contributed by atoms with E-state index in [0.717, 1.165) is 5.69 Å². The molecule has 0 unspecified atom stereocenters. The lowest BCUT2D eigenvalue weighted by Crippen LogP contribution is -2.00. The maximum absolute atomic E-state index is 10.6. The van der Waals surface area contributed by atoms with Crippen LogP contribution in [0.5, 0.6) is 0 Å². The molecule has 0 aliphatic rings. The predicted octanol–water partition coefficient (Wildman–Crippen LogP) is 1.62.